The molecule has 0 radical (unpaired) electrons. The van der Waals surface area contributed by atoms with Gasteiger partial charge in [-0.3, -0.25) is 0 Å². The standard InChI is InChI=1S/C15H22FNO/c1-3-8-17-12-5-7-13(9-12)18-14-6-4-11(2)15(16)10-14/h4,6,10,12-13,17H,3,5,7-9H2,1-2H3. The second kappa shape index (κ2) is 6.19. The highest BCUT2D eigenvalue weighted by molar-refractivity contribution is 5.28. The van der Waals surface area contributed by atoms with Crippen molar-refractivity contribution in [1.29, 1.82) is 0 Å². The van der Waals surface area contributed by atoms with Crippen LogP contribution in [0.4, 0.5) is 4.39 Å². The number of halogens is 1. The fourth-order valence-corrected chi connectivity index (χ4v) is 2.42. The molecule has 0 aromatic heterocycles. The molecular weight excluding hydrogens is 229 g/mol. The third-order valence-corrected chi connectivity index (χ3v) is 3.51. The van der Waals surface area contributed by atoms with E-state index in [9.17, 15) is 4.39 Å². The first-order valence-corrected chi connectivity index (χ1v) is 6.85. The van der Waals surface area contributed by atoms with Crippen molar-refractivity contribution in [3.8, 4) is 5.75 Å². The molecule has 1 N–H and O–H groups in total. The van der Waals surface area contributed by atoms with Crippen LogP contribution in [0.3, 0.4) is 0 Å². The average Bonchev–Trinajstić information content (AvgIpc) is 2.79. The summed E-state index contributed by atoms with van der Waals surface area (Å²) < 4.78 is 19.2. The van der Waals surface area contributed by atoms with E-state index in [-0.39, 0.29) is 11.9 Å². The molecule has 1 saturated carbocycles. The third-order valence-electron chi connectivity index (χ3n) is 3.51. The zero-order chi connectivity index (χ0) is 13.0. The van der Waals surface area contributed by atoms with E-state index in [2.05, 4.69) is 12.2 Å². The minimum atomic E-state index is -0.189. The Labute approximate surface area is 109 Å². The van der Waals surface area contributed by atoms with E-state index < -0.39 is 0 Å². The lowest BCUT2D eigenvalue weighted by Gasteiger charge is -2.15. The van der Waals surface area contributed by atoms with Crippen molar-refractivity contribution in [2.45, 2.75) is 51.7 Å². The lowest BCUT2D eigenvalue weighted by molar-refractivity contribution is 0.205. The summed E-state index contributed by atoms with van der Waals surface area (Å²) in [5, 5.41) is 3.51. The minimum Gasteiger partial charge on any atom is -0.490 e. The highest BCUT2D eigenvalue weighted by atomic mass is 19.1. The van der Waals surface area contributed by atoms with E-state index in [0.29, 0.717) is 17.4 Å². The number of hydrogen-bond acceptors (Lipinski definition) is 2. The Balaban J connectivity index is 1.85. The van der Waals surface area contributed by atoms with Gasteiger partial charge in [-0.1, -0.05) is 13.0 Å². The van der Waals surface area contributed by atoms with Gasteiger partial charge in [0.05, 0.1) is 0 Å². The predicted molar refractivity (Wildman–Crippen MR) is 71.5 cm³/mol. The summed E-state index contributed by atoms with van der Waals surface area (Å²) in [6.45, 7) is 5.00. The van der Waals surface area contributed by atoms with E-state index in [1.54, 1.807) is 13.0 Å². The highest BCUT2D eigenvalue weighted by Gasteiger charge is 2.25. The number of benzene rings is 1. The van der Waals surface area contributed by atoms with Crippen molar-refractivity contribution in [2.75, 3.05) is 6.54 Å². The van der Waals surface area contributed by atoms with Crippen LogP contribution in [0.25, 0.3) is 0 Å². The van der Waals surface area contributed by atoms with Crippen LogP contribution >= 0.6 is 0 Å². The first kappa shape index (κ1) is 13.3. The molecule has 0 spiro atoms. The Morgan fingerprint density at radius 3 is 2.94 bits per heavy atom. The normalized spacial score (nSPS) is 23.3. The van der Waals surface area contributed by atoms with Gasteiger partial charge >= 0.3 is 0 Å². The maximum atomic E-state index is 13.4. The molecule has 1 aromatic rings. The molecule has 1 aromatic carbocycles. The van der Waals surface area contributed by atoms with E-state index >= 15 is 0 Å². The SMILES string of the molecule is CCCNC1CCC(Oc2ccc(C)c(F)c2)C1. The summed E-state index contributed by atoms with van der Waals surface area (Å²) in [4.78, 5) is 0. The maximum Gasteiger partial charge on any atom is 0.129 e. The molecule has 1 aliphatic rings. The monoisotopic (exact) mass is 251 g/mol. The quantitative estimate of drug-likeness (QED) is 0.865. The molecule has 1 fully saturated rings. The first-order valence-electron chi connectivity index (χ1n) is 6.85. The maximum absolute atomic E-state index is 13.4. The summed E-state index contributed by atoms with van der Waals surface area (Å²) in [6, 6.07) is 5.67. The van der Waals surface area contributed by atoms with Crippen molar-refractivity contribution in [2.24, 2.45) is 0 Å². The van der Waals surface area contributed by atoms with Crippen molar-refractivity contribution in [3.63, 3.8) is 0 Å². The molecule has 0 amide bonds. The van der Waals surface area contributed by atoms with Gasteiger partial charge in [0, 0.05) is 12.1 Å². The van der Waals surface area contributed by atoms with Crippen molar-refractivity contribution < 1.29 is 9.13 Å². The molecule has 3 heteroatoms. The summed E-state index contributed by atoms with van der Waals surface area (Å²) in [7, 11) is 0. The molecule has 2 unspecified atom stereocenters. The molecular formula is C15H22FNO. The molecule has 2 atom stereocenters. The number of aryl methyl sites for hydroxylation is 1. The predicted octanol–water partition coefficient (Wildman–Crippen LogP) is 3.43. The van der Waals surface area contributed by atoms with E-state index in [0.717, 1.165) is 32.2 Å². The summed E-state index contributed by atoms with van der Waals surface area (Å²) >= 11 is 0. The molecule has 1 aliphatic carbocycles. The van der Waals surface area contributed by atoms with Crippen LogP contribution in [-0.2, 0) is 0 Å². The summed E-state index contributed by atoms with van der Waals surface area (Å²) in [5.74, 6) is 0.463. The van der Waals surface area contributed by atoms with Gasteiger partial charge in [0.2, 0.25) is 0 Å². The van der Waals surface area contributed by atoms with Crippen LogP contribution in [0, 0.1) is 12.7 Å². The lowest BCUT2D eigenvalue weighted by Crippen LogP contribution is -2.28. The summed E-state index contributed by atoms with van der Waals surface area (Å²) in [5.41, 5.74) is 0.663. The largest absolute Gasteiger partial charge is 0.490 e. The van der Waals surface area contributed by atoms with Gasteiger partial charge in [-0.2, -0.15) is 0 Å². The molecule has 100 valence electrons. The Kier molecular flexibility index (Phi) is 4.59. The number of nitrogens with one attached hydrogen (secondary N) is 1. The van der Waals surface area contributed by atoms with Gasteiger partial charge < -0.3 is 10.1 Å². The van der Waals surface area contributed by atoms with Gasteiger partial charge in [-0.25, -0.2) is 4.39 Å². The molecule has 0 bridgehead atoms. The van der Waals surface area contributed by atoms with Crippen LogP contribution in [0.5, 0.6) is 5.75 Å². The van der Waals surface area contributed by atoms with E-state index in [4.69, 9.17) is 4.74 Å². The van der Waals surface area contributed by atoms with Gasteiger partial charge in [0.1, 0.15) is 17.7 Å². The van der Waals surface area contributed by atoms with Gasteiger partial charge in [-0.15, -0.1) is 0 Å². The number of hydrogen-bond donors (Lipinski definition) is 1. The van der Waals surface area contributed by atoms with Crippen LogP contribution in [0.15, 0.2) is 18.2 Å². The molecule has 2 rings (SSSR count). The van der Waals surface area contributed by atoms with Gasteiger partial charge in [0.15, 0.2) is 0 Å². The fraction of sp³-hybridized carbons (Fsp3) is 0.600. The molecule has 0 aliphatic heterocycles. The second-order valence-corrected chi connectivity index (χ2v) is 5.11. The zero-order valence-electron chi connectivity index (χ0n) is 11.2. The molecule has 0 heterocycles. The Bertz CT molecular complexity index is 394. The Hall–Kier alpha value is -1.09. The smallest absolute Gasteiger partial charge is 0.129 e. The molecule has 2 nitrogen and oxygen atoms in total. The van der Waals surface area contributed by atoms with Crippen LogP contribution in [0.1, 0.15) is 38.2 Å². The van der Waals surface area contributed by atoms with E-state index in [1.165, 1.54) is 6.07 Å². The van der Waals surface area contributed by atoms with Gasteiger partial charge in [0.25, 0.3) is 0 Å². The van der Waals surface area contributed by atoms with Crippen LogP contribution < -0.4 is 10.1 Å². The lowest BCUT2D eigenvalue weighted by atomic mass is 10.2. The third kappa shape index (κ3) is 3.45. The van der Waals surface area contributed by atoms with Crippen LogP contribution in [-0.4, -0.2) is 18.7 Å². The average molecular weight is 251 g/mol. The van der Waals surface area contributed by atoms with Crippen molar-refractivity contribution in [3.05, 3.63) is 29.6 Å². The second-order valence-electron chi connectivity index (χ2n) is 5.11. The van der Waals surface area contributed by atoms with Gasteiger partial charge in [-0.05, 0) is 50.8 Å². The number of rotatable bonds is 5. The minimum absolute atomic E-state index is 0.189. The van der Waals surface area contributed by atoms with Crippen LogP contribution in [0.2, 0.25) is 0 Å². The fourth-order valence-electron chi connectivity index (χ4n) is 2.42. The molecule has 0 saturated heterocycles. The van der Waals surface area contributed by atoms with Crippen molar-refractivity contribution >= 4 is 0 Å². The van der Waals surface area contributed by atoms with Crippen molar-refractivity contribution in [1.82, 2.24) is 5.32 Å². The Morgan fingerprint density at radius 2 is 2.22 bits per heavy atom. The highest BCUT2D eigenvalue weighted by Crippen LogP contribution is 2.25. The molecule has 18 heavy (non-hydrogen) atoms. The number of ether oxygens (including phenoxy) is 1. The Morgan fingerprint density at radius 1 is 1.39 bits per heavy atom. The topological polar surface area (TPSA) is 21.3 Å². The summed E-state index contributed by atoms with van der Waals surface area (Å²) in [6.07, 6.45) is 4.61. The van der Waals surface area contributed by atoms with E-state index in [1.807, 2.05) is 6.07 Å². The first-order chi connectivity index (χ1) is 8.69. The zero-order valence-corrected chi connectivity index (χ0v) is 11.2.